The van der Waals surface area contributed by atoms with Crippen LogP contribution in [-0.4, -0.2) is 17.4 Å². The van der Waals surface area contributed by atoms with E-state index in [9.17, 15) is 4.79 Å². The summed E-state index contributed by atoms with van der Waals surface area (Å²) >= 11 is 0. The first-order valence-corrected chi connectivity index (χ1v) is 6.71. The lowest BCUT2D eigenvalue weighted by Gasteiger charge is -2.25. The summed E-state index contributed by atoms with van der Waals surface area (Å²) in [5.41, 5.74) is 4.44. The van der Waals surface area contributed by atoms with Gasteiger partial charge in [-0.25, -0.2) is 0 Å². The molecule has 0 saturated carbocycles. The summed E-state index contributed by atoms with van der Waals surface area (Å²) in [5, 5.41) is 0. The Labute approximate surface area is 120 Å². The van der Waals surface area contributed by atoms with E-state index in [0.29, 0.717) is 6.54 Å². The Hall–Kier alpha value is -1.83. The van der Waals surface area contributed by atoms with Crippen molar-refractivity contribution in [1.82, 2.24) is 4.90 Å². The fraction of sp³-hybridized carbons (Fsp3) is 0.353. The van der Waals surface area contributed by atoms with Crippen molar-refractivity contribution < 1.29 is 9.19 Å². The van der Waals surface area contributed by atoms with Crippen molar-refractivity contribution in [2.24, 2.45) is 0 Å². The molecule has 1 amide bonds. The lowest BCUT2D eigenvalue weighted by atomic mass is 10.1. The molecule has 1 aromatic carbocycles. The highest BCUT2D eigenvalue weighted by Gasteiger charge is 2.30. The molecule has 2 rings (SSSR count). The van der Waals surface area contributed by atoms with Gasteiger partial charge in [-0.15, -0.1) is 0 Å². The van der Waals surface area contributed by atoms with Crippen LogP contribution < -0.4 is 0 Å². The van der Waals surface area contributed by atoms with Crippen molar-refractivity contribution >= 4 is 5.91 Å². The smallest absolute Gasteiger partial charge is 0.250 e. The van der Waals surface area contributed by atoms with Gasteiger partial charge in [0.15, 0.2) is 0 Å². The molecule has 0 fully saturated rings. The van der Waals surface area contributed by atoms with Gasteiger partial charge < -0.3 is 4.90 Å². The van der Waals surface area contributed by atoms with Crippen molar-refractivity contribution in [3.63, 3.8) is 0 Å². The molecule has 0 aromatic heterocycles. The summed E-state index contributed by atoms with van der Waals surface area (Å²) in [5.74, 6) is 0.156. The van der Waals surface area contributed by atoms with Gasteiger partial charge in [0.25, 0.3) is 5.91 Å². The highest BCUT2D eigenvalue weighted by Crippen LogP contribution is 2.29. The van der Waals surface area contributed by atoms with E-state index in [1.165, 1.54) is 11.1 Å². The van der Waals surface area contributed by atoms with Gasteiger partial charge >= 0.3 is 0 Å². The molecule has 104 valence electrons. The molecule has 1 atom stereocenters. The molecule has 1 aromatic rings. The van der Waals surface area contributed by atoms with Crippen LogP contribution in [-0.2, 0) is 4.79 Å². The summed E-state index contributed by atoms with van der Waals surface area (Å²) in [6, 6.07) is 10.3. The second kappa shape index (κ2) is 5.43. The predicted molar refractivity (Wildman–Crippen MR) is 82.9 cm³/mol. The summed E-state index contributed by atoms with van der Waals surface area (Å²) in [6.07, 6.45) is 2.12. The third-order valence-electron chi connectivity index (χ3n) is 3.62. The van der Waals surface area contributed by atoms with Crippen LogP contribution in [0.1, 0.15) is 43.7 Å². The zero-order valence-electron chi connectivity index (χ0n) is 14.1. The number of carbonyl (C=O) groups excluding carboxylic acids is 1. The van der Waals surface area contributed by atoms with Gasteiger partial charge in [0, 0.05) is 16.5 Å². The fourth-order valence-electron chi connectivity index (χ4n) is 2.45. The molecule has 1 heterocycles. The molecule has 1 aliphatic heterocycles. The van der Waals surface area contributed by atoms with Crippen LogP contribution in [0.5, 0.6) is 0 Å². The highest BCUT2D eigenvalue weighted by molar-refractivity contribution is 5.97. The van der Waals surface area contributed by atoms with Gasteiger partial charge in [0.1, 0.15) is 0 Å². The van der Waals surface area contributed by atoms with E-state index in [1.807, 2.05) is 30.0 Å². The van der Waals surface area contributed by atoms with Crippen LogP contribution in [0.3, 0.4) is 0 Å². The topological polar surface area (TPSA) is 20.3 Å². The Bertz CT molecular complexity index is 548. The quantitative estimate of drug-likeness (QED) is 0.792. The first kappa shape index (κ1) is 12.2. The molecule has 2 heteroatoms. The third-order valence-corrected chi connectivity index (χ3v) is 3.62. The number of rotatable bonds is 3. The maximum atomic E-state index is 12.4. The van der Waals surface area contributed by atoms with Crippen LogP contribution >= 0.6 is 0 Å². The second-order valence-electron chi connectivity index (χ2n) is 5.39. The van der Waals surface area contributed by atoms with Crippen molar-refractivity contribution in [3.05, 3.63) is 58.7 Å². The average molecular weight is 262 g/mol. The van der Waals surface area contributed by atoms with Crippen LogP contribution in [0.2, 0.25) is 0 Å². The predicted octanol–water partition coefficient (Wildman–Crippen LogP) is 4.36. The molecule has 0 bridgehead atoms. The van der Waals surface area contributed by atoms with E-state index in [1.54, 1.807) is 0 Å². The maximum absolute atomic E-state index is 12.4. The molecular formula is C17H25NO. The van der Waals surface area contributed by atoms with Crippen molar-refractivity contribution in [3.8, 4) is 0 Å². The Morgan fingerprint density at radius 1 is 1.37 bits per heavy atom. The Morgan fingerprint density at radius 2 is 2.00 bits per heavy atom. The van der Waals surface area contributed by atoms with Gasteiger partial charge in [-0.3, -0.25) is 4.79 Å². The minimum Gasteiger partial charge on any atom is -0.328 e. The van der Waals surface area contributed by atoms with Gasteiger partial charge in [0.2, 0.25) is 0 Å². The first-order valence-electron chi connectivity index (χ1n) is 7.71. The van der Waals surface area contributed by atoms with Crippen LogP contribution in [0, 0.1) is 0 Å². The number of hydrogen-bond donors (Lipinski definition) is 0. The molecule has 1 unspecified atom stereocenters. The normalized spacial score (nSPS) is 17.3. The number of hydrogen-bond acceptors (Lipinski definition) is 1. The number of allylic oxidation sites excluding steroid dienone is 1. The summed E-state index contributed by atoms with van der Waals surface area (Å²) < 4.78 is 10.0. The molecule has 1 aliphatic rings. The van der Waals surface area contributed by atoms with Gasteiger partial charge in [-0.2, -0.15) is 0 Å². The Morgan fingerprint density at radius 3 is 2.58 bits per heavy atom. The number of benzene rings is 1. The highest BCUT2D eigenvalue weighted by atomic mass is 16.2. The summed E-state index contributed by atoms with van der Waals surface area (Å²) in [4.78, 5) is 14.3. The maximum Gasteiger partial charge on any atom is 0.250 e. The van der Waals surface area contributed by atoms with Crippen LogP contribution in [0.25, 0.3) is 0 Å². The zero-order chi connectivity index (χ0) is 16.0. The van der Waals surface area contributed by atoms with Gasteiger partial charge in [-0.05, 0) is 38.8 Å². The number of nitrogens with zero attached hydrogens (tertiary/aromatic N) is 1. The number of amides is 1. The molecule has 0 N–H and O–H groups in total. The van der Waals surface area contributed by atoms with Crippen LogP contribution in [0.15, 0.2) is 53.1 Å². The molecule has 0 radical (unpaired) electrons. The SMILES string of the molecule is CC(C)=CC1=C(C)C(=O)N(C(C)c2ccccc2)C1.[2HH].[2H][2H]. The number of carbonyl (C=O) groups is 1. The first-order chi connectivity index (χ1) is 10.0. The second-order valence-corrected chi connectivity index (χ2v) is 5.39. The van der Waals surface area contributed by atoms with Crippen molar-refractivity contribution in [2.75, 3.05) is 6.54 Å². The Balaban J connectivity index is 0.00000141. The average Bonchev–Trinajstić information content (AvgIpc) is 2.77. The minimum atomic E-state index is 0. The largest absolute Gasteiger partial charge is 0.328 e. The molecular weight excluding hydrogens is 234 g/mol. The van der Waals surface area contributed by atoms with Crippen LogP contribution in [0.4, 0.5) is 0 Å². The van der Waals surface area contributed by atoms with E-state index < -0.39 is 0 Å². The molecule has 19 heavy (non-hydrogen) atoms. The summed E-state index contributed by atoms with van der Waals surface area (Å²) in [7, 11) is 0. The van der Waals surface area contributed by atoms with E-state index in [-0.39, 0.29) is 13.4 Å². The van der Waals surface area contributed by atoms with Gasteiger partial charge in [0.05, 0.1) is 6.04 Å². The zero-order valence-corrected chi connectivity index (χ0v) is 12.1. The summed E-state index contributed by atoms with van der Waals surface area (Å²) in [6.45, 7) is 8.86. The standard InChI is InChI=1S/C17H21NO.2H2/c1-12(2)10-16-11-18(17(19)13(16)3)14(4)15-8-6-5-7-9-15;;/h5-10,14H,11H2,1-4H3;2*1H/i;1+1D;1+1. The molecule has 2 nitrogen and oxygen atoms in total. The molecule has 0 spiro atoms. The van der Waals surface area contributed by atoms with E-state index in [0.717, 1.165) is 11.1 Å². The monoisotopic (exact) mass is 262 g/mol. The minimum absolute atomic E-state index is 0. The van der Waals surface area contributed by atoms with Gasteiger partial charge in [-0.1, -0.05) is 42.0 Å². The van der Waals surface area contributed by atoms with Crippen molar-refractivity contribution in [2.45, 2.75) is 33.7 Å². The fourth-order valence-corrected chi connectivity index (χ4v) is 2.45. The lowest BCUT2D eigenvalue weighted by molar-refractivity contribution is -0.127. The van der Waals surface area contributed by atoms with E-state index in [2.05, 4.69) is 39.0 Å². The molecule has 0 saturated heterocycles. The Kier molecular flexibility index (Phi) is 3.49. The van der Waals surface area contributed by atoms with Crippen molar-refractivity contribution in [1.29, 1.82) is 0 Å². The lowest BCUT2D eigenvalue weighted by Crippen LogP contribution is -2.30. The van der Waals surface area contributed by atoms with E-state index in [4.69, 9.17) is 2.97 Å². The third kappa shape index (κ3) is 2.78. The van der Waals surface area contributed by atoms with E-state index >= 15 is 0 Å². The molecule has 0 aliphatic carbocycles.